The van der Waals surface area contributed by atoms with E-state index in [0.717, 1.165) is 57.2 Å². The van der Waals surface area contributed by atoms with Gasteiger partial charge < -0.3 is 15.0 Å². The van der Waals surface area contributed by atoms with Crippen molar-refractivity contribution in [2.75, 3.05) is 46.4 Å². The number of guanidine groups is 1. The van der Waals surface area contributed by atoms with Crippen LogP contribution in [0, 0.1) is 0 Å². The molecular formula is C22H36F3IN4O. The molecule has 1 atom stereocenters. The summed E-state index contributed by atoms with van der Waals surface area (Å²) in [5.74, 6) is 0.828. The van der Waals surface area contributed by atoms with E-state index in [2.05, 4.69) is 34.0 Å². The molecule has 0 bridgehead atoms. The highest BCUT2D eigenvalue weighted by molar-refractivity contribution is 14.0. The molecule has 1 aromatic carbocycles. The van der Waals surface area contributed by atoms with Crippen LogP contribution in [0.3, 0.4) is 0 Å². The van der Waals surface area contributed by atoms with Gasteiger partial charge in [0.15, 0.2) is 5.96 Å². The molecule has 9 heteroatoms. The third-order valence-electron chi connectivity index (χ3n) is 5.69. The molecule has 1 fully saturated rings. The molecule has 178 valence electrons. The van der Waals surface area contributed by atoms with Crippen molar-refractivity contribution in [3.8, 4) is 0 Å². The summed E-state index contributed by atoms with van der Waals surface area (Å²) in [6.07, 6.45) is -2.09. The summed E-state index contributed by atoms with van der Waals surface area (Å²) in [7, 11) is 1.77. The average molecular weight is 556 g/mol. The predicted molar refractivity (Wildman–Crippen MR) is 130 cm³/mol. The number of alkyl halides is 3. The first-order valence-corrected chi connectivity index (χ1v) is 10.8. The third-order valence-corrected chi connectivity index (χ3v) is 5.69. The summed E-state index contributed by atoms with van der Waals surface area (Å²) < 4.78 is 44.5. The fraction of sp³-hybridized carbons (Fsp3) is 0.682. The van der Waals surface area contributed by atoms with Gasteiger partial charge in [0.2, 0.25) is 0 Å². The zero-order chi connectivity index (χ0) is 22.1. The van der Waals surface area contributed by atoms with Crippen molar-refractivity contribution in [2.24, 2.45) is 4.99 Å². The number of nitrogens with zero attached hydrogens (tertiary/aromatic N) is 3. The maximum absolute atomic E-state index is 12.9. The van der Waals surface area contributed by atoms with E-state index in [0.29, 0.717) is 12.6 Å². The molecule has 1 aliphatic heterocycles. The van der Waals surface area contributed by atoms with Crippen molar-refractivity contribution < 1.29 is 17.9 Å². The molecular weight excluding hydrogens is 520 g/mol. The van der Waals surface area contributed by atoms with Crippen LogP contribution >= 0.6 is 24.0 Å². The Kier molecular flexibility index (Phi) is 12.2. The molecule has 0 saturated carbocycles. The van der Waals surface area contributed by atoms with Crippen molar-refractivity contribution in [2.45, 2.75) is 51.9 Å². The van der Waals surface area contributed by atoms with Gasteiger partial charge in [0.1, 0.15) is 0 Å². The summed E-state index contributed by atoms with van der Waals surface area (Å²) in [5, 5.41) is 3.45. The first-order chi connectivity index (χ1) is 14.3. The Bertz CT molecular complexity index is 658. The summed E-state index contributed by atoms with van der Waals surface area (Å²) in [6.45, 7) is 10.8. The minimum absolute atomic E-state index is 0. The zero-order valence-electron chi connectivity index (χ0n) is 18.9. The molecule has 5 nitrogen and oxygen atoms in total. The van der Waals surface area contributed by atoms with Gasteiger partial charge >= 0.3 is 6.18 Å². The Balaban J connectivity index is 0.00000480. The fourth-order valence-corrected chi connectivity index (χ4v) is 4.01. The first-order valence-electron chi connectivity index (χ1n) is 10.8. The Labute approximate surface area is 201 Å². The Hall–Kier alpha value is -1.07. The number of nitrogens with one attached hydrogen (secondary N) is 1. The van der Waals surface area contributed by atoms with Gasteiger partial charge in [0.05, 0.1) is 17.7 Å². The molecule has 2 rings (SSSR count). The highest BCUT2D eigenvalue weighted by Gasteiger charge is 2.31. The number of aliphatic imine (C=N–C) groups is 1. The van der Waals surface area contributed by atoms with Crippen LogP contribution in [-0.4, -0.2) is 68.2 Å². The molecule has 0 amide bonds. The second kappa shape index (κ2) is 13.5. The van der Waals surface area contributed by atoms with Crippen LogP contribution in [0.1, 0.15) is 50.8 Å². The second-order valence-electron chi connectivity index (χ2n) is 7.43. The SMILES string of the molecule is CCOC1CCN(C(=NC)NCC(c2ccc(C(F)(F)F)cc2)N(CC)CC)CC1.I. The van der Waals surface area contributed by atoms with Crippen molar-refractivity contribution in [3.05, 3.63) is 35.4 Å². The van der Waals surface area contributed by atoms with E-state index in [9.17, 15) is 13.2 Å². The Morgan fingerprint density at radius 3 is 2.19 bits per heavy atom. The van der Waals surface area contributed by atoms with Gasteiger partial charge in [-0.1, -0.05) is 26.0 Å². The largest absolute Gasteiger partial charge is 0.416 e. The van der Waals surface area contributed by atoms with Crippen LogP contribution in [0.5, 0.6) is 0 Å². The molecule has 1 heterocycles. The van der Waals surface area contributed by atoms with Gasteiger partial charge in [0, 0.05) is 33.3 Å². The van der Waals surface area contributed by atoms with Crippen molar-refractivity contribution >= 4 is 29.9 Å². The van der Waals surface area contributed by atoms with Gasteiger partial charge in [-0.15, -0.1) is 24.0 Å². The van der Waals surface area contributed by atoms with E-state index < -0.39 is 11.7 Å². The summed E-state index contributed by atoms with van der Waals surface area (Å²) in [4.78, 5) is 8.89. The normalized spacial score (nSPS) is 16.9. The predicted octanol–water partition coefficient (Wildman–Crippen LogP) is 4.78. The van der Waals surface area contributed by atoms with E-state index >= 15 is 0 Å². The number of piperidine rings is 1. The van der Waals surface area contributed by atoms with Gasteiger partial charge in [0.25, 0.3) is 0 Å². The lowest BCUT2D eigenvalue weighted by Crippen LogP contribution is -2.49. The molecule has 0 aromatic heterocycles. The highest BCUT2D eigenvalue weighted by Crippen LogP contribution is 2.30. The van der Waals surface area contributed by atoms with Crippen molar-refractivity contribution in [1.82, 2.24) is 15.1 Å². The van der Waals surface area contributed by atoms with Crippen molar-refractivity contribution in [1.29, 1.82) is 0 Å². The number of ether oxygens (including phenoxy) is 1. The van der Waals surface area contributed by atoms with Crippen molar-refractivity contribution in [3.63, 3.8) is 0 Å². The molecule has 0 aliphatic carbocycles. The molecule has 31 heavy (non-hydrogen) atoms. The molecule has 1 N–H and O–H groups in total. The summed E-state index contributed by atoms with van der Waals surface area (Å²) in [5.41, 5.74) is 0.246. The number of benzene rings is 1. The van der Waals surface area contributed by atoms with Gasteiger partial charge in [-0.3, -0.25) is 9.89 Å². The quantitative estimate of drug-likeness (QED) is 0.284. The van der Waals surface area contributed by atoms with Crippen LogP contribution in [0.25, 0.3) is 0 Å². The first kappa shape index (κ1) is 28.0. The minimum atomic E-state index is -4.32. The number of rotatable bonds is 8. The molecule has 1 saturated heterocycles. The van der Waals surface area contributed by atoms with E-state index in [-0.39, 0.29) is 30.0 Å². The Morgan fingerprint density at radius 2 is 1.74 bits per heavy atom. The lowest BCUT2D eigenvalue weighted by Gasteiger charge is -2.36. The lowest BCUT2D eigenvalue weighted by molar-refractivity contribution is -0.137. The van der Waals surface area contributed by atoms with Gasteiger partial charge in [-0.05, 0) is 50.6 Å². The third kappa shape index (κ3) is 8.09. The average Bonchev–Trinajstić information content (AvgIpc) is 2.74. The number of hydrogen-bond donors (Lipinski definition) is 1. The summed E-state index contributed by atoms with van der Waals surface area (Å²) in [6, 6.07) is 5.46. The monoisotopic (exact) mass is 556 g/mol. The fourth-order valence-electron chi connectivity index (χ4n) is 4.01. The number of likely N-dealkylation sites (tertiary alicyclic amines) is 1. The van der Waals surface area contributed by atoms with Gasteiger partial charge in [-0.2, -0.15) is 13.2 Å². The zero-order valence-corrected chi connectivity index (χ0v) is 21.2. The van der Waals surface area contributed by atoms with Crippen LogP contribution in [-0.2, 0) is 10.9 Å². The standard InChI is InChI=1S/C22H35F3N4O.HI/c1-5-28(6-2)20(17-8-10-18(11-9-17)22(23,24)25)16-27-21(26-4)29-14-12-19(13-15-29)30-7-3;/h8-11,19-20H,5-7,12-16H2,1-4H3,(H,26,27);1H. The number of likely N-dealkylation sites (N-methyl/N-ethyl adjacent to an activating group) is 1. The van der Waals surface area contributed by atoms with Gasteiger partial charge in [-0.25, -0.2) is 0 Å². The molecule has 1 aliphatic rings. The Morgan fingerprint density at radius 1 is 1.16 bits per heavy atom. The van der Waals surface area contributed by atoms with E-state index in [4.69, 9.17) is 4.74 Å². The lowest BCUT2D eigenvalue weighted by atomic mass is 10.0. The smallest absolute Gasteiger partial charge is 0.378 e. The summed E-state index contributed by atoms with van der Waals surface area (Å²) >= 11 is 0. The molecule has 0 radical (unpaired) electrons. The van der Waals surface area contributed by atoms with Crippen LogP contribution < -0.4 is 5.32 Å². The van der Waals surface area contributed by atoms with Crippen LogP contribution in [0.15, 0.2) is 29.3 Å². The van der Waals surface area contributed by atoms with Crippen LogP contribution in [0.2, 0.25) is 0 Å². The highest BCUT2D eigenvalue weighted by atomic mass is 127. The molecule has 0 spiro atoms. The number of hydrogen-bond acceptors (Lipinski definition) is 3. The second-order valence-corrected chi connectivity index (χ2v) is 7.43. The molecule has 1 unspecified atom stereocenters. The van der Waals surface area contributed by atoms with Crippen LogP contribution in [0.4, 0.5) is 13.2 Å². The van der Waals surface area contributed by atoms with E-state index in [1.54, 1.807) is 19.2 Å². The number of halogens is 4. The maximum Gasteiger partial charge on any atom is 0.416 e. The van der Waals surface area contributed by atoms with E-state index in [1.807, 2.05) is 6.92 Å². The topological polar surface area (TPSA) is 40.1 Å². The maximum atomic E-state index is 12.9. The molecule has 1 aromatic rings. The minimum Gasteiger partial charge on any atom is -0.378 e. The van der Waals surface area contributed by atoms with E-state index in [1.165, 1.54) is 12.1 Å².